The van der Waals surface area contributed by atoms with Crippen molar-refractivity contribution in [2.24, 2.45) is 4.99 Å². The fraction of sp³-hybridized carbons (Fsp3) is 0.643. The number of ether oxygens (including phenoxy) is 1. The van der Waals surface area contributed by atoms with Crippen molar-refractivity contribution in [3.05, 3.63) is 21.9 Å². The van der Waals surface area contributed by atoms with Crippen LogP contribution in [-0.4, -0.2) is 51.0 Å². The molecule has 1 aliphatic rings. The normalized spacial score (nSPS) is 17.6. The Bertz CT molecular complexity index is 370. The Labute approximate surface area is 113 Å². The molecule has 3 nitrogen and oxygen atoms in total. The van der Waals surface area contributed by atoms with E-state index in [1.165, 1.54) is 35.6 Å². The zero-order valence-electron chi connectivity index (χ0n) is 11.1. The van der Waals surface area contributed by atoms with Gasteiger partial charge >= 0.3 is 0 Å². The van der Waals surface area contributed by atoms with Crippen LogP contribution in [0.5, 0.6) is 0 Å². The quantitative estimate of drug-likeness (QED) is 0.583. The molecule has 0 aliphatic carbocycles. The van der Waals surface area contributed by atoms with E-state index in [1.807, 2.05) is 24.6 Å². The predicted octanol–water partition coefficient (Wildman–Crippen LogP) is 2.45. The van der Waals surface area contributed by atoms with Gasteiger partial charge in [0, 0.05) is 36.1 Å². The van der Waals surface area contributed by atoms with Crippen molar-refractivity contribution < 1.29 is 4.74 Å². The van der Waals surface area contributed by atoms with E-state index in [0.717, 1.165) is 26.3 Å². The van der Waals surface area contributed by atoms with Gasteiger partial charge in [-0.2, -0.15) is 0 Å². The maximum absolute atomic E-state index is 5.35. The summed E-state index contributed by atoms with van der Waals surface area (Å²) in [6, 6.07) is 4.39. The highest BCUT2D eigenvalue weighted by Crippen LogP contribution is 2.17. The molecule has 0 spiro atoms. The molecule has 1 aromatic rings. The Balaban J connectivity index is 1.62. The molecule has 0 atom stereocenters. The van der Waals surface area contributed by atoms with E-state index in [0.29, 0.717) is 0 Å². The molecule has 0 aromatic carbocycles. The number of hydrogen-bond acceptors (Lipinski definition) is 4. The lowest BCUT2D eigenvalue weighted by atomic mass is 10.2. The molecule has 1 fully saturated rings. The number of aliphatic imine (C=N–C) groups is 1. The van der Waals surface area contributed by atoms with Crippen molar-refractivity contribution >= 4 is 17.6 Å². The van der Waals surface area contributed by atoms with E-state index >= 15 is 0 Å². The molecule has 18 heavy (non-hydrogen) atoms. The minimum atomic E-state index is 0.907. The fourth-order valence-electron chi connectivity index (χ4n) is 2.18. The molecule has 1 saturated heterocycles. The molecular formula is C14H22N2OS. The molecule has 0 saturated carbocycles. The van der Waals surface area contributed by atoms with Crippen LogP contribution in [0.15, 0.2) is 17.1 Å². The van der Waals surface area contributed by atoms with Gasteiger partial charge in [0.05, 0.1) is 13.2 Å². The molecule has 0 radical (unpaired) electrons. The lowest BCUT2D eigenvalue weighted by Gasteiger charge is -2.26. The van der Waals surface area contributed by atoms with E-state index in [-0.39, 0.29) is 0 Å². The molecule has 2 rings (SSSR count). The van der Waals surface area contributed by atoms with Crippen molar-refractivity contribution in [3.8, 4) is 0 Å². The number of rotatable bonds is 6. The summed E-state index contributed by atoms with van der Waals surface area (Å²) in [6.07, 6.45) is 5.70. The van der Waals surface area contributed by atoms with Gasteiger partial charge in [0.1, 0.15) is 0 Å². The van der Waals surface area contributed by atoms with Crippen LogP contribution in [0, 0.1) is 0 Å². The van der Waals surface area contributed by atoms with Crippen LogP contribution in [-0.2, 0) is 11.2 Å². The van der Waals surface area contributed by atoms with Gasteiger partial charge in [0.15, 0.2) is 0 Å². The van der Waals surface area contributed by atoms with E-state index in [4.69, 9.17) is 4.74 Å². The number of thiophene rings is 1. The van der Waals surface area contributed by atoms with Crippen molar-refractivity contribution in [2.45, 2.75) is 19.3 Å². The summed E-state index contributed by atoms with van der Waals surface area (Å²) in [7, 11) is 1.82. The highest BCUT2D eigenvalue weighted by molar-refractivity contribution is 7.13. The molecule has 1 aromatic heterocycles. The van der Waals surface area contributed by atoms with Gasteiger partial charge < -0.3 is 4.74 Å². The van der Waals surface area contributed by atoms with Crippen molar-refractivity contribution in [1.82, 2.24) is 4.90 Å². The Hall–Kier alpha value is -0.710. The van der Waals surface area contributed by atoms with E-state index in [2.05, 4.69) is 22.0 Å². The third-order valence-corrected chi connectivity index (χ3v) is 4.27. The number of hydrogen-bond donors (Lipinski definition) is 0. The van der Waals surface area contributed by atoms with Gasteiger partial charge in [-0.3, -0.25) is 9.89 Å². The molecule has 100 valence electrons. The summed E-state index contributed by atoms with van der Waals surface area (Å²) in [5.74, 6) is 0. The highest BCUT2D eigenvalue weighted by atomic mass is 32.1. The second-order valence-corrected chi connectivity index (χ2v) is 5.80. The number of unbranched alkanes of at least 4 members (excludes halogenated alkanes) is 1. The van der Waals surface area contributed by atoms with Crippen LogP contribution in [0.3, 0.4) is 0 Å². The lowest BCUT2D eigenvalue weighted by molar-refractivity contribution is 0.0372. The molecule has 0 unspecified atom stereocenters. The van der Waals surface area contributed by atoms with Crippen LogP contribution >= 0.6 is 11.3 Å². The molecule has 1 aliphatic heterocycles. The monoisotopic (exact) mass is 266 g/mol. The van der Waals surface area contributed by atoms with Gasteiger partial charge in [0.2, 0.25) is 0 Å². The van der Waals surface area contributed by atoms with E-state index in [1.54, 1.807) is 0 Å². The molecule has 0 N–H and O–H groups in total. The third kappa shape index (κ3) is 4.52. The lowest BCUT2D eigenvalue weighted by Crippen LogP contribution is -2.36. The topological polar surface area (TPSA) is 24.8 Å². The van der Waals surface area contributed by atoms with Crippen molar-refractivity contribution in [1.29, 1.82) is 0 Å². The molecule has 0 bridgehead atoms. The largest absolute Gasteiger partial charge is 0.379 e. The average molecular weight is 266 g/mol. The predicted molar refractivity (Wildman–Crippen MR) is 78.0 cm³/mol. The molecule has 2 heterocycles. The van der Waals surface area contributed by atoms with Crippen molar-refractivity contribution in [2.75, 3.05) is 39.9 Å². The van der Waals surface area contributed by atoms with Crippen LogP contribution < -0.4 is 0 Å². The van der Waals surface area contributed by atoms with E-state index in [9.17, 15) is 0 Å². The van der Waals surface area contributed by atoms with E-state index < -0.39 is 0 Å². The second-order valence-electron chi connectivity index (χ2n) is 4.60. The molecule has 4 heteroatoms. The summed E-state index contributed by atoms with van der Waals surface area (Å²) < 4.78 is 5.35. The Kier molecular flexibility index (Phi) is 5.84. The number of morpholine rings is 1. The van der Waals surface area contributed by atoms with Crippen LogP contribution in [0.1, 0.15) is 22.6 Å². The minimum absolute atomic E-state index is 0.907. The van der Waals surface area contributed by atoms with Crippen LogP contribution in [0.2, 0.25) is 0 Å². The first kappa shape index (κ1) is 13.7. The maximum Gasteiger partial charge on any atom is 0.0594 e. The Morgan fingerprint density at radius 3 is 2.94 bits per heavy atom. The van der Waals surface area contributed by atoms with Gasteiger partial charge in [-0.1, -0.05) is 0 Å². The molecule has 0 amide bonds. The first-order valence-corrected chi connectivity index (χ1v) is 7.51. The van der Waals surface area contributed by atoms with Gasteiger partial charge in [-0.15, -0.1) is 11.3 Å². The van der Waals surface area contributed by atoms with Gasteiger partial charge in [-0.25, -0.2) is 0 Å². The van der Waals surface area contributed by atoms with Crippen LogP contribution in [0.4, 0.5) is 0 Å². The number of nitrogens with zero attached hydrogens (tertiary/aromatic N) is 2. The standard InChI is InChI=1S/C14H22N2OS/c1-15-12-14-6-5-13(18-14)4-2-3-7-16-8-10-17-11-9-16/h5-6,12H,2-4,7-11H2,1H3. The summed E-state index contributed by atoms with van der Waals surface area (Å²) in [6.45, 7) is 5.25. The first-order chi connectivity index (χ1) is 8.88. The highest BCUT2D eigenvalue weighted by Gasteiger charge is 2.09. The number of aryl methyl sites for hydroxylation is 1. The minimum Gasteiger partial charge on any atom is -0.379 e. The molecular weight excluding hydrogens is 244 g/mol. The first-order valence-electron chi connectivity index (χ1n) is 6.69. The van der Waals surface area contributed by atoms with Gasteiger partial charge in [-0.05, 0) is 37.9 Å². The smallest absolute Gasteiger partial charge is 0.0594 e. The SMILES string of the molecule is CN=Cc1ccc(CCCCN2CCOCC2)s1. The Morgan fingerprint density at radius 1 is 1.33 bits per heavy atom. The summed E-state index contributed by atoms with van der Waals surface area (Å²) in [5, 5.41) is 0. The van der Waals surface area contributed by atoms with Gasteiger partial charge in [0.25, 0.3) is 0 Å². The van der Waals surface area contributed by atoms with Crippen LogP contribution in [0.25, 0.3) is 0 Å². The maximum atomic E-state index is 5.35. The zero-order chi connectivity index (χ0) is 12.6. The second kappa shape index (κ2) is 7.67. The summed E-state index contributed by atoms with van der Waals surface area (Å²) in [5.41, 5.74) is 0. The third-order valence-electron chi connectivity index (χ3n) is 3.19. The average Bonchev–Trinajstić information content (AvgIpc) is 2.84. The Morgan fingerprint density at radius 2 is 2.17 bits per heavy atom. The van der Waals surface area contributed by atoms with Crippen molar-refractivity contribution in [3.63, 3.8) is 0 Å². The summed E-state index contributed by atoms with van der Waals surface area (Å²) >= 11 is 1.86. The summed E-state index contributed by atoms with van der Waals surface area (Å²) in [4.78, 5) is 9.29. The fourth-order valence-corrected chi connectivity index (χ4v) is 3.16. The zero-order valence-corrected chi connectivity index (χ0v) is 11.9.